The fourth-order valence-corrected chi connectivity index (χ4v) is 2.72. The number of hydrogen-bond donors (Lipinski definition) is 1. The predicted molar refractivity (Wildman–Crippen MR) is 78.2 cm³/mol. The van der Waals surface area contributed by atoms with Crippen molar-refractivity contribution in [2.24, 2.45) is 5.92 Å². The zero-order valence-corrected chi connectivity index (χ0v) is 12.8. The summed E-state index contributed by atoms with van der Waals surface area (Å²) in [5.74, 6) is -0.108. The summed E-state index contributed by atoms with van der Waals surface area (Å²) in [7, 11) is 1.76. The lowest BCUT2D eigenvalue weighted by molar-refractivity contribution is -0.138. The largest absolute Gasteiger partial charge is 0.481 e. The van der Waals surface area contributed by atoms with E-state index in [-0.39, 0.29) is 18.5 Å². The first kappa shape index (κ1) is 16.1. The molecule has 0 aromatic heterocycles. The number of rotatable bonds is 7. The monoisotopic (exact) mass is 298 g/mol. The van der Waals surface area contributed by atoms with Crippen molar-refractivity contribution in [1.29, 1.82) is 0 Å². The van der Waals surface area contributed by atoms with Crippen molar-refractivity contribution >= 4 is 12.0 Å². The lowest BCUT2D eigenvalue weighted by atomic mass is 10.00. The molecule has 21 heavy (non-hydrogen) atoms. The highest BCUT2D eigenvalue weighted by atomic mass is 16.5. The average molecular weight is 298 g/mol. The highest BCUT2D eigenvalue weighted by Crippen LogP contribution is 2.28. The Bertz CT molecular complexity index is 371. The second-order valence-corrected chi connectivity index (χ2v) is 6.16. The second kappa shape index (κ2) is 7.64. The smallest absolute Gasteiger partial charge is 0.320 e. The average Bonchev–Trinajstić information content (AvgIpc) is 3.27. The topological polar surface area (TPSA) is 70.1 Å². The van der Waals surface area contributed by atoms with Crippen molar-refractivity contribution in [3.63, 3.8) is 0 Å². The van der Waals surface area contributed by atoms with Gasteiger partial charge in [0.15, 0.2) is 0 Å². The van der Waals surface area contributed by atoms with E-state index < -0.39 is 5.97 Å². The van der Waals surface area contributed by atoms with Crippen molar-refractivity contribution in [3.05, 3.63) is 0 Å². The minimum atomic E-state index is -0.838. The number of nitrogens with zero attached hydrogens (tertiary/aromatic N) is 2. The van der Waals surface area contributed by atoms with Gasteiger partial charge in [-0.15, -0.1) is 0 Å². The van der Waals surface area contributed by atoms with E-state index in [0.717, 1.165) is 31.8 Å². The molecular weight excluding hydrogens is 272 g/mol. The maximum absolute atomic E-state index is 12.4. The summed E-state index contributed by atoms with van der Waals surface area (Å²) < 4.78 is 5.55. The van der Waals surface area contributed by atoms with Crippen LogP contribution in [0.4, 0.5) is 4.79 Å². The van der Waals surface area contributed by atoms with Gasteiger partial charge in [0.25, 0.3) is 0 Å². The molecule has 0 aromatic carbocycles. The summed E-state index contributed by atoms with van der Waals surface area (Å²) in [6.45, 7) is 2.56. The molecule has 0 aromatic rings. The van der Waals surface area contributed by atoms with Crippen molar-refractivity contribution < 1.29 is 19.4 Å². The summed E-state index contributed by atoms with van der Waals surface area (Å²) in [6.07, 6.45) is 5.30. The minimum absolute atomic E-state index is 0.0394. The van der Waals surface area contributed by atoms with Crippen LogP contribution in [-0.4, -0.2) is 66.3 Å². The van der Waals surface area contributed by atoms with Gasteiger partial charge in [-0.25, -0.2) is 4.79 Å². The van der Waals surface area contributed by atoms with Crippen LogP contribution in [0.3, 0.4) is 0 Å². The SMILES string of the molecule is CN(CCOCC1CC1)C(=O)N1CCCCC1CC(=O)O. The molecule has 120 valence electrons. The maximum Gasteiger partial charge on any atom is 0.320 e. The summed E-state index contributed by atoms with van der Waals surface area (Å²) in [5, 5.41) is 8.96. The van der Waals surface area contributed by atoms with Gasteiger partial charge in [0.2, 0.25) is 0 Å². The minimum Gasteiger partial charge on any atom is -0.481 e. The predicted octanol–water partition coefficient (Wildman–Crippen LogP) is 1.79. The Morgan fingerprint density at radius 3 is 2.71 bits per heavy atom. The van der Waals surface area contributed by atoms with Crippen molar-refractivity contribution in [2.75, 3.05) is 33.4 Å². The number of amides is 2. The Labute approximate surface area is 126 Å². The number of ether oxygens (including phenoxy) is 1. The van der Waals surface area contributed by atoms with Gasteiger partial charge in [-0.1, -0.05) is 0 Å². The molecule has 6 nitrogen and oxygen atoms in total. The van der Waals surface area contributed by atoms with Gasteiger partial charge in [-0.3, -0.25) is 4.79 Å². The zero-order valence-electron chi connectivity index (χ0n) is 12.8. The first-order chi connectivity index (χ1) is 10.1. The van der Waals surface area contributed by atoms with Crippen LogP contribution >= 0.6 is 0 Å². The first-order valence-electron chi connectivity index (χ1n) is 7.89. The molecule has 1 aliphatic carbocycles. The van der Waals surface area contributed by atoms with Crippen LogP contribution in [0.25, 0.3) is 0 Å². The Morgan fingerprint density at radius 2 is 2.05 bits per heavy atom. The van der Waals surface area contributed by atoms with Crippen LogP contribution in [0.5, 0.6) is 0 Å². The van der Waals surface area contributed by atoms with E-state index in [1.54, 1.807) is 16.8 Å². The third-order valence-corrected chi connectivity index (χ3v) is 4.23. The summed E-state index contributed by atoms with van der Waals surface area (Å²) in [4.78, 5) is 26.7. The van der Waals surface area contributed by atoms with E-state index in [1.807, 2.05) is 0 Å². The lowest BCUT2D eigenvalue weighted by Gasteiger charge is -2.37. The summed E-state index contributed by atoms with van der Waals surface area (Å²) in [5.41, 5.74) is 0. The fourth-order valence-electron chi connectivity index (χ4n) is 2.72. The number of carboxylic acid groups (broad SMARTS) is 1. The highest BCUT2D eigenvalue weighted by Gasteiger charge is 2.30. The molecule has 1 heterocycles. The van der Waals surface area contributed by atoms with Gasteiger partial charge < -0.3 is 19.6 Å². The fraction of sp³-hybridized carbons (Fsp3) is 0.867. The quantitative estimate of drug-likeness (QED) is 0.728. The van der Waals surface area contributed by atoms with Gasteiger partial charge in [-0.2, -0.15) is 0 Å². The van der Waals surface area contributed by atoms with Gasteiger partial charge in [0.05, 0.1) is 13.0 Å². The van der Waals surface area contributed by atoms with E-state index in [2.05, 4.69) is 0 Å². The molecule has 2 rings (SSSR count). The van der Waals surface area contributed by atoms with Gasteiger partial charge >= 0.3 is 12.0 Å². The molecule has 1 atom stereocenters. The Morgan fingerprint density at radius 1 is 1.29 bits per heavy atom. The number of likely N-dealkylation sites (tertiary alicyclic amines) is 1. The number of likely N-dealkylation sites (N-methyl/N-ethyl adjacent to an activating group) is 1. The van der Waals surface area contributed by atoms with Crippen LogP contribution in [0.15, 0.2) is 0 Å². The molecule has 1 aliphatic heterocycles. The van der Waals surface area contributed by atoms with Crippen LogP contribution in [0.2, 0.25) is 0 Å². The first-order valence-corrected chi connectivity index (χ1v) is 7.89. The molecule has 2 fully saturated rings. The number of piperidine rings is 1. The number of carbonyl (C=O) groups excluding carboxylic acids is 1. The Hall–Kier alpha value is -1.30. The molecule has 1 N–H and O–H groups in total. The van der Waals surface area contributed by atoms with E-state index in [9.17, 15) is 9.59 Å². The molecule has 0 bridgehead atoms. The van der Waals surface area contributed by atoms with E-state index in [4.69, 9.17) is 9.84 Å². The highest BCUT2D eigenvalue weighted by molar-refractivity contribution is 5.76. The molecule has 0 radical (unpaired) electrons. The van der Waals surface area contributed by atoms with Gasteiger partial charge in [-0.05, 0) is 38.0 Å². The number of carboxylic acids is 1. The van der Waals surface area contributed by atoms with Crippen LogP contribution < -0.4 is 0 Å². The molecule has 2 amide bonds. The third-order valence-electron chi connectivity index (χ3n) is 4.23. The third kappa shape index (κ3) is 5.19. The van der Waals surface area contributed by atoms with E-state index in [1.165, 1.54) is 12.8 Å². The lowest BCUT2D eigenvalue weighted by Crippen LogP contribution is -2.50. The van der Waals surface area contributed by atoms with Crippen molar-refractivity contribution in [3.8, 4) is 0 Å². The number of aliphatic carboxylic acids is 1. The van der Waals surface area contributed by atoms with Gasteiger partial charge in [0.1, 0.15) is 0 Å². The maximum atomic E-state index is 12.4. The molecule has 6 heteroatoms. The Balaban J connectivity index is 1.75. The van der Waals surface area contributed by atoms with E-state index in [0.29, 0.717) is 19.7 Å². The number of urea groups is 1. The zero-order chi connectivity index (χ0) is 15.2. The van der Waals surface area contributed by atoms with E-state index >= 15 is 0 Å². The molecule has 1 saturated heterocycles. The number of hydrogen-bond acceptors (Lipinski definition) is 3. The van der Waals surface area contributed by atoms with Crippen molar-refractivity contribution in [2.45, 2.75) is 44.6 Å². The molecule has 2 aliphatic rings. The normalized spacial score (nSPS) is 22.1. The second-order valence-electron chi connectivity index (χ2n) is 6.16. The standard InChI is InChI=1S/C15H26N2O4/c1-16(8-9-21-11-12-5-6-12)15(20)17-7-3-2-4-13(17)10-14(18)19/h12-13H,2-11H2,1H3,(H,18,19). The molecular formula is C15H26N2O4. The van der Waals surface area contributed by atoms with Crippen LogP contribution in [0, 0.1) is 5.92 Å². The van der Waals surface area contributed by atoms with Crippen LogP contribution in [-0.2, 0) is 9.53 Å². The molecule has 1 unspecified atom stereocenters. The Kier molecular flexibility index (Phi) is 5.85. The number of carbonyl (C=O) groups is 2. The summed E-state index contributed by atoms with van der Waals surface area (Å²) in [6, 6.07) is -0.241. The van der Waals surface area contributed by atoms with Crippen molar-refractivity contribution in [1.82, 2.24) is 9.80 Å². The van der Waals surface area contributed by atoms with Crippen LogP contribution in [0.1, 0.15) is 38.5 Å². The molecule has 1 saturated carbocycles. The summed E-state index contributed by atoms with van der Waals surface area (Å²) >= 11 is 0. The van der Waals surface area contributed by atoms with Gasteiger partial charge in [0, 0.05) is 32.8 Å². The molecule has 0 spiro atoms.